The van der Waals surface area contributed by atoms with Crippen molar-refractivity contribution in [3.05, 3.63) is 71.8 Å². The van der Waals surface area contributed by atoms with Gasteiger partial charge in [-0.1, -0.05) is 60.7 Å². The molecule has 0 aliphatic rings. The van der Waals surface area contributed by atoms with Crippen LogP contribution in [0.1, 0.15) is 11.1 Å². The second-order valence-electron chi connectivity index (χ2n) is 5.15. The molecule has 6 nitrogen and oxygen atoms in total. The number of hydrogen-bond acceptors (Lipinski definition) is 5. The van der Waals surface area contributed by atoms with E-state index in [0.29, 0.717) is 11.1 Å². The average molecular weight is 369 g/mol. The molecular formula is C16H19NO5S2. The summed E-state index contributed by atoms with van der Waals surface area (Å²) in [7, 11) is -7.28. The molecular weight excluding hydrogens is 350 g/mol. The number of hydrogen-bond donors (Lipinski definition) is 1. The third-order valence-electron chi connectivity index (χ3n) is 3.07. The van der Waals surface area contributed by atoms with Crippen LogP contribution < -0.4 is 4.72 Å². The monoisotopic (exact) mass is 369 g/mol. The molecule has 0 spiro atoms. The van der Waals surface area contributed by atoms with Crippen LogP contribution in [-0.2, 0) is 35.8 Å². The van der Waals surface area contributed by atoms with Crippen LogP contribution in [-0.4, -0.2) is 30.0 Å². The zero-order chi connectivity index (χ0) is 17.5. The van der Waals surface area contributed by atoms with Crippen molar-refractivity contribution in [3.63, 3.8) is 0 Å². The highest BCUT2D eigenvalue weighted by atomic mass is 32.2. The van der Waals surface area contributed by atoms with E-state index in [-0.39, 0.29) is 24.7 Å². The molecule has 0 saturated heterocycles. The lowest BCUT2D eigenvalue weighted by Gasteiger charge is -2.08. The fourth-order valence-corrected chi connectivity index (χ4v) is 4.18. The molecule has 0 radical (unpaired) electrons. The summed E-state index contributed by atoms with van der Waals surface area (Å²) in [6, 6.07) is 17.4. The summed E-state index contributed by atoms with van der Waals surface area (Å²) in [5.74, 6) is -0.408. The second-order valence-corrected chi connectivity index (χ2v) is 8.60. The van der Waals surface area contributed by atoms with E-state index in [1.54, 1.807) is 60.7 Å². The molecule has 0 aliphatic heterocycles. The maximum atomic E-state index is 11.9. The van der Waals surface area contributed by atoms with Crippen molar-refractivity contribution >= 4 is 20.1 Å². The van der Waals surface area contributed by atoms with Crippen LogP contribution in [0.25, 0.3) is 0 Å². The molecule has 0 atom stereocenters. The van der Waals surface area contributed by atoms with E-state index in [1.165, 1.54) is 0 Å². The summed E-state index contributed by atoms with van der Waals surface area (Å²) < 4.78 is 54.6. The Morgan fingerprint density at radius 2 is 1.25 bits per heavy atom. The molecule has 0 saturated carbocycles. The Kier molecular flexibility index (Phi) is 6.50. The Morgan fingerprint density at radius 1 is 0.750 bits per heavy atom. The minimum atomic E-state index is -3.75. The average Bonchev–Trinajstić information content (AvgIpc) is 2.53. The van der Waals surface area contributed by atoms with E-state index >= 15 is 0 Å². The van der Waals surface area contributed by atoms with Crippen molar-refractivity contribution < 1.29 is 21.0 Å². The van der Waals surface area contributed by atoms with Gasteiger partial charge in [0.15, 0.2) is 0 Å². The number of rotatable bonds is 9. The Labute approximate surface area is 142 Å². The van der Waals surface area contributed by atoms with Crippen LogP contribution in [0, 0.1) is 0 Å². The minimum Gasteiger partial charge on any atom is -0.268 e. The highest BCUT2D eigenvalue weighted by Gasteiger charge is 2.14. The molecule has 8 heteroatoms. The van der Waals surface area contributed by atoms with Gasteiger partial charge in [-0.3, -0.25) is 4.18 Å². The molecule has 0 unspecified atom stereocenters. The highest BCUT2D eigenvalue weighted by molar-refractivity contribution is 7.88. The van der Waals surface area contributed by atoms with Gasteiger partial charge in [0.2, 0.25) is 10.0 Å². The summed E-state index contributed by atoms with van der Waals surface area (Å²) >= 11 is 0. The van der Waals surface area contributed by atoms with E-state index in [4.69, 9.17) is 4.18 Å². The zero-order valence-electron chi connectivity index (χ0n) is 13.0. The smallest absolute Gasteiger partial charge is 0.268 e. The van der Waals surface area contributed by atoms with Crippen LogP contribution in [0.3, 0.4) is 0 Å². The van der Waals surface area contributed by atoms with Gasteiger partial charge in [-0.05, 0) is 11.1 Å². The first kappa shape index (κ1) is 18.6. The van der Waals surface area contributed by atoms with Gasteiger partial charge >= 0.3 is 0 Å². The van der Waals surface area contributed by atoms with Crippen molar-refractivity contribution in [2.75, 3.05) is 13.2 Å². The molecule has 0 aliphatic carbocycles. The zero-order valence-corrected chi connectivity index (χ0v) is 14.6. The van der Waals surface area contributed by atoms with E-state index in [2.05, 4.69) is 4.72 Å². The SMILES string of the molecule is O=S(=O)(Cc1ccccc1)NCCOS(=O)(=O)Cc1ccccc1. The topological polar surface area (TPSA) is 89.5 Å². The molecule has 2 aromatic rings. The van der Waals surface area contributed by atoms with Crippen LogP contribution in [0.5, 0.6) is 0 Å². The van der Waals surface area contributed by atoms with Gasteiger partial charge in [0.1, 0.15) is 5.75 Å². The standard InChI is InChI=1S/C16H19NO5S2/c18-23(19,13-15-7-3-1-4-8-15)17-11-12-22-24(20,21)14-16-9-5-2-6-10-16/h1-10,17H,11-14H2. The highest BCUT2D eigenvalue weighted by Crippen LogP contribution is 2.07. The first-order valence-corrected chi connectivity index (χ1v) is 10.5. The predicted octanol–water partition coefficient (Wildman–Crippen LogP) is 1.65. The third kappa shape index (κ3) is 6.79. The normalized spacial score (nSPS) is 12.2. The molecule has 24 heavy (non-hydrogen) atoms. The predicted molar refractivity (Wildman–Crippen MR) is 92.1 cm³/mol. The molecule has 2 aromatic carbocycles. The fraction of sp³-hybridized carbons (Fsp3) is 0.250. The van der Waals surface area contributed by atoms with E-state index < -0.39 is 20.1 Å². The molecule has 0 aromatic heterocycles. The van der Waals surface area contributed by atoms with Crippen LogP contribution in [0.2, 0.25) is 0 Å². The molecule has 0 bridgehead atoms. The third-order valence-corrected chi connectivity index (χ3v) is 5.64. The molecule has 2 rings (SSSR count). The fourth-order valence-electron chi connectivity index (χ4n) is 2.03. The van der Waals surface area contributed by atoms with Crippen molar-refractivity contribution in [1.29, 1.82) is 0 Å². The first-order valence-electron chi connectivity index (χ1n) is 7.29. The van der Waals surface area contributed by atoms with Gasteiger partial charge in [0.25, 0.3) is 10.1 Å². The van der Waals surface area contributed by atoms with Gasteiger partial charge < -0.3 is 0 Å². The van der Waals surface area contributed by atoms with Gasteiger partial charge in [0, 0.05) is 6.54 Å². The Morgan fingerprint density at radius 3 is 1.79 bits per heavy atom. The van der Waals surface area contributed by atoms with E-state index in [9.17, 15) is 16.8 Å². The molecule has 0 fully saturated rings. The van der Waals surface area contributed by atoms with Crippen molar-refractivity contribution in [2.45, 2.75) is 11.5 Å². The van der Waals surface area contributed by atoms with Crippen LogP contribution in [0.4, 0.5) is 0 Å². The summed E-state index contributed by atoms with van der Waals surface area (Å²) in [6.07, 6.45) is 0. The molecule has 0 amide bonds. The van der Waals surface area contributed by atoms with Gasteiger partial charge in [0.05, 0.1) is 12.4 Å². The lowest BCUT2D eigenvalue weighted by atomic mass is 10.2. The Bertz CT molecular complexity index is 761. The summed E-state index contributed by atoms with van der Waals surface area (Å²) in [6.45, 7) is -0.355. The number of benzene rings is 2. The van der Waals surface area contributed by atoms with Gasteiger partial charge in [-0.2, -0.15) is 8.42 Å². The largest absolute Gasteiger partial charge is 0.271 e. The second kappa shape index (κ2) is 8.39. The number of nitrogens with one attached hydrogen (secondary N) is 1. The Hall–Kier alpha value is -1.74. The van der Waals surface area contributed by atoms with Crippen molar-refractivity contribution in [3.8, 4) is 0 Å². The van der Waals surface area contributed by atoms with Crippen molar-refractivity contribution in [2.24, 2.45) is 0 Å². The maximum Gasteiger partial charge on any atom is 0.271 e. The molecule has 1 N–H and O–H groups in total. The summed E-state index contributed by atoms with van der Waals surface area (Å²) in [5, 5.41) is 0. The Balaban J connectivity index is 1.77. The van der Waals surface area contributed by atoms with E-state index in [1.807, 2.05) is 0 Å². The summed E-state index contributed by atoms with van der Waals surface area (Å²) in [5.41, 5.74) is 1.27. The maximum absolute atomic E-state index is 11.9. The lowest BCUT2D eigenvalue weighted by Crippen LogP contribution is -2.29. The van der Waals surface area contributed by atoms with Gasteiger partial charge in [-0.15, -0.1) is 0 Å². The van der Waals surface area contributed by atoms with Gasteiger partial charge in [-0.25, -0.2) is 13.1 Å². The first-order chi connectivity index (χ1) is 11.4. The minimum absolute atomic E-state index is 0.108. The molecule has 130 valence electrons. The van der Waals surface area contributed by atoms with Crippen LogP contribution in [0.15, 0.2) is 60.7 Å². The number of sulfonamides is 1. The summed E-state index contributed by atoms with van der Waals surface area (Å²) in [4.78, 5) is 0. The quantitative estimate of drug-likeness (QED) is 0.536. The van der Waals surface area contributed by atoms with Crippen LogP contribution >= 0.6 is 0 Å². The van der Waals surface area contributed by atoms with Crippen molar-refractivity contribution in [1.82, 2.24) is 4.72 Å². The molecule has 0 heterocycles. The van der Waals surface area contributed by atoms with E-state index in [0.717, 1.165) is 0 Å². The lowest BCUT2D eigenvalue weighted by molar-refractivity contribution is 0.322.